The Morgan fingerprint density at radius 2 is 1.76 bits per heavy atom. The second-order valence-corrected chi connectivity index (χ2v) is 4.80. The summed E-state index contributed by atoms with van der Waals surface area (Å²) in [5.41, 5.74) is 0.924. The third kappa shape index (κ3) is 5.57. The van der Waals surface area contributed by atoms with Gasteiger partial charge in [0.2, 0.25) is 0 Å². The fourth-order valence-corrected chi connectivity index (χ4v) is 1.85. The van der Waals surface area contributed by atoms with Gasteiger partial charge in [-0.05, 0) is 26.7 Å². The molecule has 1 aromatic heterocycles. The van der Waals surface area contributed by atoms with Crippen molar-refractivity contribution in [2.45, 2.75) is 47.0 Å². The number of aryl methyl sites for hydroxylation is 1. The molecule has 118 valence electrons. The highest BCUT2D eigenvalue weighted by molar-refractivity contribution is 5.75. The van der Waals surface area contributed by atoms with Crippen molar-refractivity contribution in [2.24, 2.45) is 0 Å². The van der Waals surface area contributed by atoms with Crippen molar-refractivity contribution < 1.29 is 9.53 Å². The molecule has 1 aromatic rings. The minimum Gasteiger partial charge on any atom is -0.465 e. The second kappa shape index (κ2) is 9.15. The zero-order valence-corrected chi connectivity index (χ0v) is 13.5. The monoisotopic (exact) mass is 294 g/mol. The summed E-state index contributed by atoms with van der Waals surface area (Å²) in [6, 6.07) is 0. The summed E-state index contributed by atoms with van der Waals surface area (Å²) < 4.78 is 4.92. The lowest BCUT2D eigenvalue weighted by Gasteiger charge is -2.14. The van der Waals surface area contributed by atoms with Crippen LogP contribution in [0.25, 0.3) is 0 Å². The van der Waals surface area contributed by atoms with Gasteiger partial charge in [-0.1, -0.05) is 13.8 Å². The van der Waals surface area contributed by atoms with Gasteiger partial charge in [-0.3, -0.25) is 4.79 Å². The zero-order chi connectivity index (χ0) is 15.7. The molecule has 0 aliphatic rings. The Labute approximate surface area is 126 Å². The quantitative estimate of drug-likeness (QED) is 0.682. The van der Waals surface area contributed by atoms with Crippen LogP contribution < -0.4 is 10.6 Å². The first kappa shape index (κ1) is 17.2. The third-order valence-electron chi connectivity index (χ3n) is 2.91. The SMILES string of the molecule is CCCNc1nc(CCC)nc(NCC(=O)OCC)c1C. The molecule has 0 radical (unpaired) electrons. The van der Waals surface area contributed by atoms with E-state index in [0.717, 1.165) is 43.0 Å². The molecule has 0 fully saturated rings. The maximum Gasteiger partial charge on any atom is 0.325 e. The van der Waals surface area contributed by atoms with E-state index in [1.54, 1.807) is 6.92 Å². The van der Waals surface area contributed by atoms with E-state index in [-0.39, 0.29) is 12.5 Å². The number of anilines is 2. The van der Waals surface area contributed by atoms with Crippen LogP contribution >= 0.6 is 0 Å². The average molecular weight is 294 g/mol. The number of carbonyl (C=O) groups is 1. The molecule has 0 unspecified atom stereocenters. The third-order valence-corrected chi connectivity index (χ3v) is 2.91. The molecule has 0 spiro atoms. The van der Waals surface area contributed by atoms with Gasteiger partial charge in [-0.25, -0.2) is 9.97 Å². The van der Waals surface area contributed by atoms with E-state index < -0.39 is 0 Å². The van der Waals surface area contributed by atoms with Crippen LogP contribution in [-0.2, 0) is 16.0 Å². The molecule has 6 nitrogen and oxygen atoms in total. The molecule has 0 saturated heterocycles. The van der Waals surface area contributed by atoms with Gasteiger partial charge in [-0.2, -0.15) is 0 Å². The first-order valence-corrected chi connectivity index (χ1v) is 7.63. The predicted octanol–water partition coefficient (Wildman–Crippen LogP) is 2.53. The molecule has 0 saturated carbocycles. The highest BCUT2D eigenvalue weighted by atomic mass is 16.5. The number of aromatic nitrogens is 2. The molecule has 1 heterocycles. The van der Waals surface area contributed by atoms with Crippen LogP contribution in [0.4, 0.5) is 11.6 Å². The van der Waals surface area contributed by atoms with Crippen molar-refractivity contribution >= 4 is 17.6 Å². The smallest absolute Gasteiger partial charge is 0.325 e. The van der Waals surface area contributed by atoms with Gasteiger partial charge >= 0.3 is 5.97 Å². The molecule has 0 aliphatic carbocycles. The number of esters is 1. The van der Waals surface area contributed by atoms with Crippen LogP contribution in [0.15, 0.2) is 0 Å². The van der Waals surface area contributed by atoms with E-state index in [9.17, 15) is 4.79 Å². The highest BCUT2D eigenvalue weighted by Gasteiger charge is 2.11. The van der Waals surface area contributed by atoms with E-state index in [1.165, 1.54) is 0 Å². The number of ether oxygens (including phenoxy) is 1. The van der Waals surface area contributed by atoms with Crippen molar-refractivity contribution in [2.75, 3.05) is 30.3 Å². The fourth-order valence-electron chi connectivity index (χ4n) is 1.85. The first-order chi connectivity index (χ1) is 10.1. The zero-order valence-electron chi connectivity index (χ0n) is 13.5. The lowest BCUT2D eigenvalue weighted by molar-refractivity contribution is -0.140. The number of nitrogens with one attached hydrogen (secondary N) is 2. The minimum atomic E-state index is -0.282. The van der Waals surface area contributed by atoms with Crippen molar-refractivity contribution in [3.8, 4) is 0 Å². The van der Waals surface area contributed by atoms with Crippen LogP contribution in [0.3, 0.4) is 0 Å². The summed E-state index contributed by atoms with van der Waals surface area (Å²) in [5, 5.41) is 6.35. The van der Waals surface area contributed by atoms with Gasteiger partial charge in [-0.15, -0.1) is 0 Å². The maximum atomic E-state index is 11.5. The van der Waals surface area contributed by atoms with E-state index in [2.05, 4.69) is 34.4 Å². The molecule has 0 aliphatic heterocycles. The van der Waals surface area contributed by atoms with Gasteiger partial charge in [0.1, 0.15) is 24.0 Å². The molecule has 0 aromatic carbocycles. The second-order valence-electron chi connectivity index (χ2n) is 4.80. The lowest BCUT2D eigenvalue weighted by atomic mass is 10.2. The lowest BCUT2D eigenvalue weighted by Crippen LogP contribution is -2.19. The predicted molar refractivity (Wildman–Crippen MR) is 84.7 cm³/mol. The van der Waals surface area contributed by atoms with Gasteiger partial charge < -0.3 is 15.4 Å². The molecule has 0 amide bonds. The fraction of sp³-hybridized carbons (Fsp3) is 0.667. The summed E-state index contributed by atoms with van der Waals surface area (Å²) in [4.78, 5) is 20.5. The van der Waals surface area contributed by atoms with Gasteiger partial charge in [0.15, 0.2) is 0 Å². The van der Waals surface area contributed by atoms with Crippen molar-refractivity contribution in [1.82, 2.24) is 9.97 Å². The number of hydrogen-bond acceptors (Lipinski definition) is 6. The van der Waals surface area contributed by atoms with Gasteiger partial charge in [0.05, 0.1) is 6.61 Å². The molecule has 6 heteroatoms. The van der Waals surface area contributed by atoms with Crippen molar-refractivity contribution in [1.29, 1.82) is 0 Å². The first-order valence-electron chi connectivity index (χ1n) is 7.63. The Bertz CT molecular complexity index is 463. The number of hydrogen-bond donors (Lipinski definition) is 2. The van der Waals surface area contributed by atoms with Crippen molar-refractivity contribution in [3.05, 3.63) is 11.4 Å². The van der Waals surface area contributed by atoms with Crippen LogP contribution in [-0.4, -0.2) is 35.6 Å². The standard InChI is InChI=1S/C15H26N4O2/c1-5-8-12-18-14(16-9-6-2)11(4)15(19-12)17-10-13(20)21-7-3/h5-10H2,1-4H3,(H2,16,17,18,19). The van der Waals surface area contributed by atoms with E-state index in [4.69, 9.17) is 4.74 Å². The molecule has 0 atom stereocenters. The summed E-state index contributed by atoms with van der Waals surface area (Å²) in [5.74, 6) is 2.03. The van der Waals surface area contributed by atoms with E-state index in [1.807, 2.05) is 6.92 Å². The summed E-state index contributed by atoms with van der Waals surface area (Å²) >= 11 is 0. The Hall–Kier alpha value is -1.85. The molecular weight excluding hydrogens is 268 g/mol. The number of rotatable bonds is 9. The van der Waals surface area contributed by atoms with E-state index in [0.29, 0.717) is 12.4 Å². The van der Waals surface area contributed by atoms with Crippen LogP contribution in [0.1, 0.15) is 45.0 Å². The average Bonchev–Trinajstić information content (AvgIpc) is 2.46. The van der Waals surface area contributed by atoms with Gasteiger partial charge in [0, 0.05) is 18.5 Å². The Balaban J connectivity index is 2.88. The summed E-state index contributed by atoms with van der Waals surface area (Å²) in [7, 11) is 0. The van der Waals surface area contributed by atoms with Crippen molar-refractivity contribution in [3.63, 3.8) is 0 Å². The maximum absolute atomic E-state index is 11.5. The number of nitrogens with zero attached hydrogens (tertiary/aromatic N) is 2. The normalized spacial score (nSPS) is 10.3. The molecule has 21 heavy (non-hydrogen) atoms. The van der Waals surface area contributed by atoms with Crippen LogP contribution in [0, 0.1) is 6.92 Å². The minimum absolute atomic E-state index is 0.116. The van der Waals surface area contributed by atoms with Crippen LogP contribution in [0.5, 0.6) is 0 Å². The Kier molecular flexibility index (Phi) is 7.50. The van der Waals surface area contributed by atoms with Crippen LogP contribution in [0.2, 0.25) is 0 Å². The molecular formula is C15H26N4O2. The summed E-state index contributed by atoms with van der Waals surface area (Å²) in [6.45, 7) is 9.30. The largest absolute Gasteiger partial charge is 0.465 e. The molecule has 0 bridgehead atoms. The topological polar surface area (TPSA) is 76.1 Å². The van der Waals surface area contributed by atoms with Gasteiger partial charge in [0.25, 0.3) is 0 Å². The molecule has 1 rings (SSSR count). The molecule has 2 N–H and O–H groups in total. The Morgan fingerprint density at radius 3 is 2.33 bits per heavy atom. The summed E-state index contributed by atoms with van der Waals surface area (Å²) in [6.07, 6.45) is 2.82. The van der Waals surface area contributed by atoms with E-state index >= 15 is 0 Å². The highest BCUT2D eigenvalue weighted by Crippen LogP contribution is 2.20. The number of carbonyl (C=O) groups excluding carboxylic acids is 1. The Morgan fingerprint density at radius 1 is 1.10 bits per heavy atom.